The summed E-state index contributed by atoms with van der Waals surface area (Å²) >= 11 is 0. The molecular formula is C45H86N4O13. The van der Waals surface area contributed by atoms with Gasteiger partial charge in [0.25, 0.3) is 0 Å². The first kappa shape index (κ1) is 60.4. The van der Waals surface area contributed by atoms with E-state index in [0.717, 1.165) is 64.2 Å². The number of carboxylic acids is 2. The largest absolute Gasteiger partial charge is 0.481 e. The van der Waals surface area contributed by atoms with Crippen LogP contribution in [0.3, 0.4) is 0 Å². The van der Waals surface area contributed by atoms with E-state index in [0.29, 0.717) is 72.0 Å². The second kappa shape index (κ2) is 45.4. The molecule has 0 aliphatic heterocycles. The van der Waals surface area contributed by atoms with E-state index in [1.807, 2.05) is 6.92 Å². The average molecular weight is 891 g/mol. The fraction of sp³-hybridized carbons (Fsp3) is 0.844. The summed E-state index contributed by atoms with van der Waals surface area (Å²) in [5, 5.41) is 25.7. The number of ketones is 1. The van der Waals surface area contributed by atoms with Gasteiger partial charge in [-0.15, -0.1) is 0 Å². The topological polar surface area (TPSA) is 259 Å². The molecule has 0 rings (SSSR count). The van der Waals surface area contributed by atoms with Gasteiger partial charge in [0, 0.05) is 52.7 Å². The molecule has 0 aromatic rings. The number of hydrogen-bond donors (Lipinski definition) is 6. The Labute approximate surface area is 372 Å². The fourth-order valence-electron chi connectivity index (χ4n) is 5.91. The molecule has 0 aliphatic rings. The normalized spacial score (nSPS) is 11.8. The van der Waals surface area contributed by atoms with Crippen molar-refractivity contribution in [2.45, 2.75) is 174 Å². The number of carbonyl (C=O) groups is 7. The smallest absolute Gasteiger partial charge is 0.326 e. The van der Waals surface area contributed by atoms with Gasteiger partial charge in [-0.1, -0.05) is 104 Å². The maximum Gasteiger partial charge on any atom is 0.326 e. The molecule has 364 valence electrons. The van der Waals surface area contributed by atoms with E-state index in [9.17, 15) is 38.7 Å². The molecule has 17 heteroatoms. The van der Waals surface area contributed by atoms with Gasteiger partial charge in [-0.05, 0) is 38.5 Å². The number of carboxylic acid groups (broad SMARTS) is 2. The van der Waals surface area contributed by atoms with Crippen LogP contribution in [-0.4, -0.2) is 124 Å². The molecule has 2 atom stereocenters. The highest BCUT2D eigenvalue weighted by atomic mass is 16.5. The zero-order valence-electron chi connectivity index (χ0n) is 38.5. The summed E-state index contributed by atoms with van der Waals surface area (Å²) in [4.78, 5) is 79.0. The van der Waals surface area contributed by atoms with Crippen LogP contribution in [0, 0.1) is 5.92 Å². The highest BCUT2D eigenvalue weighted by Gasteiger charge is 2.20. The lowest BCUT2D eigenvalue weighted by Crippen LogP contribution is -2.41. The average Bonchev–Trinajstić information content (AvgIpc) is 3.23. The van der Waals surface area contributed by atoms with Crippen molar-refractivity contribution in [2.24, 2.45) is 11.7 Å². The van der Waals surface area contributed by atoms with Gasteiger partial charge in [-0.2, -0.15) is 0 Å². The Morgan fingerprint density at radius 2 is 1.00 bits per heavy atom. The molecule has 0 aliphatic carbocycles. The van der Waals surface area contributed by atoms with Gasteiger partial charge < -0.3 is 50.8 Å². The number of amides is 4. The molecule has 0 spiro atoms. The predicted molar refractivity (Wildman–Crippen MR) is 240 cm³/mol. The third-order valence-corrected chi connectivity index (χ3v) is 9.78. The van der Waals surface area contributed by atoms with E-state index in [2.05, 4.69) is 16.0 Å². The Morgan fingerprint density at radius 1 is 0.532 bits per heavy atom. The van der Waals surface area contributed by atoms with Crippen molar-refractivity contribution in [1.29, 1.82) is 0 Å². The predicted octanol–water partition coefficient (Wildman–Crippen LogP) is 5.87. The molecule has 0 radical (unpaired) electrons. The van der Waals surface area contributed by atoms with E-state index < -0.39 is 18.0 Å². The van der Waals surface area contributed by atoms with Gasteiger partial charge in [0.2, 0.25) is 23.6 Å². The monoisotopic (exact) mass is 891 g/mol. The molecular weight excluding hydrogens is 805 g/mol. The molecule has 0 saturated carbocycles. The number of aliphatic carboxylic acids is 2. The first-order valence-electron chi connectivity index (χ1n) is 23.2. The van der Waals surface area contributed by atoms with Crippen molar-refractivity contribution in [3.63, 3.8) is 0 Å². The van der Waals surface area contributed by atoms with Crippen molar-refractivity contribution < 1.29 is 64.1 Å². The molecule has 0 aromatic carbocycles. The summed E-state index contributed by atoms with van der Waals surface area (Å²) < 4.78 is 21.0. The second-order valence-electron chi connectivity index (χ2n) is 15.6. The standard InChI is InChI=1S/C25H45NO6.C20H39N3O7.H2/c1-2-21(27)19-20-22(25(31)32)26-23(28)17-15-13-11-9-7-5-3-4-6-8-10-12-14-16-18-24(29)30;1-3-9-27-11-13-29-16-19(25)23-8-10-28-12-14-30-15-18(24)22-7-5-4-6-17(2)20(21)26;/h22H,2-20H2,1H3,(H,26,28)(H,29,30)(H,31,32);17H,3-16H2,1-2H3,(H2,21,26)(H,22,24)(H,23,25);1H/t22-;17-;/m00./s1. The third kappa shape index (κ3) is 45.8. The molecule has 62 heavy (non-hydrogen) atoms. The van der Waals surface area contributed by atoms with Crippen molar-refractivity contribution in [3.05, 3.63) is 0 Å². The lowest BCUT2D eigenvalue weighted by Gasteiger charge is -2.14. The number of nitrogens with one attached hydrogen (secondary N) is 3. The van der Waals surface area contributed by atoms with E-state index in [4.69, 9.17) is 29.8 Å². The minimum atomic E-state index is -1.09. The number of ether oxygens (including phenoxy) is 4. The SMILES string of the molecule is CCC(=O)CC[C@H](NC(=O)CCCCCCCCCCCCCCCCC(=O)O)C(=O)O.CCCOCCOCC(=O)NCCOCCOCC(=O)NCCCC[C@H](C)C(N)=O.[HH]. The fourth-order valence-corrected chi connectivity index (χ4v) is 5.91. The van der Waals surface area contributed by atoms with Crippen molar-refractivity contribution in [3.8, 4) is 0 Å². The minimum absolute atomic E-state index is 0. The number of primary amides is 1. The maximum atomic E-state index is 12.0. The van der Waals surface area contributed by atoms with Gasteiger partial charge in [0.15, 0.2) is 0 Å². The summed E-state index contributed by atoms with van der Waals surface area (Å²) in [6, 6.07) is -0.977. The van der Waals surface area contributed by atoms with Crippen LogP contribution < -0.4 is 21.7 Å². The number of unbranched alkanes of at least 4 members (excludes halogenated alkanes) is 14. The Hall–Kier alpha value is -3.67. The third-order valence-electron chi connectivity index (χ3n) is 9.78. The summed E-state index contributed by atoms with van der Waals surface area (Å²) in [6.07, 6.45) is 20.3. The molecule has 0 aromatic heterocycles. The van der Waals surface area contributed by atoms with Crippen molar-refractivity contribution in [1.82, 2.24) is 16.0 Å². The summed E-state index contributed by atoms with van der Waals surface area (Å²) in [5.74, 6) is -2.85. The quantitative estimate of drug-likeness (QED) is 0.0392. The Bertz CT molecular complexity index is 1180. The molecule has 0 bridgehead atoms. The summed E-state index contributed by atoms with van der Waals surface area (Å²) in [5.41, 5.74) is 5.19. The van der Waals surface area contributed by atoms with Crippen LogP contribution in [0.5, 0.6) is 0 Å². The highest BCUT2D eigenvalue weighted by Crippen LogP contribution is 2.14. The van der Waals surface area contributed by atoms with Crippen LogP contribution in [0.2, 0.25) is 0 Å². The zero-order valence-corrected chi connectivity index (χ0v) is 38.5. The summed E-state index contributed by atoms with van der Waals surface area (Å²) in [7, 11) is 0. The highest BCUT2D eigenvalue weighted by molar-refractivity contribution is 5.84. The number of hydrogen-bond acceptors (Lipinski definition) is 11. The molecule has 7 N–H and O–H groups in total. The first-order chi connectivity index (χ1) is 29.8. The van der Waals surface area contributed by atoms with E-state index >= 15 is 0 Å². The molecule has 17 nitrogen and oxygen atoms in total. The molecule has 0 unspecified atom stereocenters. The Morgan fingerprint density at radius 3 is 1.47 bits per heavy atom. The summed E-state index contributed by atoms with van der Waals surface area (Å²) in [6.45, 7) is 9.00. The van der Waals surface area contributed by atoms with Gasteiger partial charge in [0.05, 0.1) is 33.0 Å². The van der Waals surface area contributed by atoms with Crippen LogP contribution in [-0.2, 0) is 52.5 Å². The van der Waals surface area contributed by atoms with Crippen LogP contribution in [0.25, 0.3) is 0 Å². The molecule has 0 heterocycles. The maximum absolute atomic E-state index is 12.0. The van der Waals surface area contributed by atoms with Gasteiger partial charge in [0.1, 0.15) is 25.0 Å². The molecule has 0 saturated heterocycles. The van der Waals surface area contributed by atoms with Gasteiger partial charge in [-0.25, -0.2) is 4.79 Å². The number of rotatable bonds is 44. The van der Waals surface area contributed by atoms with Crippen molar-refractivity contribution in [2.75, 3.05) is 65.9 Å². The lowest BCUT2D eigenvalue weighted by atomic mass is 10.0. The van der Waals surface area contributed by atoms with E-state index in [-0.39, 0.29) is 62.8 Å². The Balaban J connectivity index is -0.00000113. The van der Waals surface area contributed by atoms with Crippen LogP contribution in [0.4, 0.5) is 0 Å². The number of nitrogens with two attached hydrogens (primary N) is 1. The zero-order chi connectivity index (χ0) is 46.5. The number of carbonyl (C=O) groups excluding carboxylic acids is 5. The van der Waals surface area contributed by atoms with E-state index in [1.54, 1.807) is 13.8 Å². The van der Waals surface area contributed by atoms with E-state index in [1.165, 1.54) is 51.4 Å². The lowest BCUT2D eigenvalue weighted by molar-refractivity contribution is -0.142. The first-order valence-corrected chi connectivity index (χ1v) is 23.2. The molecule has 0 fully saturated rings. The van der Waals surface area contributed by atoms with Gasteiger partial charge >= 0.3 is 11.9 Å². The Kier molecular flexibility index (Phi) is 44.2. The van der Waals surface area contributed by atoms with Crippen molar-refractivity contribution >= 4 is 41.4 Å². The number of Topliss-reactive ketones (excluding diaryl/α,β-unsaturated/α-hetero) is 1. The van der Waals surface area contributed by atoms with Gasteiger partial charge in [-0.3, -0.25) is 28.8 Å². The second-order valence-corrected chi connectivity index (χ2v) is 15.6. The minimum Gasteiger partial charge on any atom is -0.481 e. The molecule has 4 amide bonds. The van der Waals surface area contributed by atoms with Crippen LogP contribution in [0.1, 0.15) is 170 Å². The van der Waals surface area contributed by atoms with Crippen LogP contribution in [0.15, 0.2) is 0 Å². The van der Waals surface area contributed by atoms with Crippen LogP contribution >= 0.6 is 0 Å².